The molecule has 63 heavy (non-hydrogen) atoms. The summed E-state index contributed by atoms with van der Waals surface area (Å²) in [4.78, 5) is 12.4. The van der Waals surface area contributed by atoms with Gasteiger partial charge in [-0.05, 0) is 100 Å². The summed E-state index contributed by atoms with van der Waals surface area (Å²) < 4.78 is 49.8. The fourth-order valence-electron chi connectivity index (χ4n) is 5.50. The van der Waals surface area contributed by atoms with Gasteiger partial charge in [0.15, 0.2) is 25.4 Å². The molecule has 6 rings (SSSR count). The van der Waals surface area contributed by atoms with Crippen LogP contribution >= 0.6 is 0 Å². The van der Waals surface area contributed by atoms with Gasteiger partial charge in [0.25, 0.3) is 5.56 Å². The molecular weight excluding hydrogens is 889 g/mol. The zero-order valence-corrected chi connectivity index (χ0v) is 38.1. The van der Waals surface area contributed by atoms with Crippen molar-refractivity contribution in [1.82, 2.24) is 19.6 Å². The number of hydrogen-bond donors (Lipinski definition) is 3. The van der Waals surface area contributed by atoms with Crippen molar-refractivity contribution in [2.24, 2.45) is 31.9 Å². The Balaban J connectivity index is 0.000000282. The molecule has 0 bridgehead atoms. The molecule has 18 nitrogen and oxygen atoms in total. The van der Waals surface area contributed by atoms with Crippen LogP contribution in [0.25, 0.3) is 11.4 Å². The Labute approximate surface area is 377 Å². The number of azo groups is 2. The Morgan fingerprint density at radius 3 is 1.51 bits per heavy atom. The molecule has 333 valence electrons. The minimum atomic E-state index is -3.48. The van der Waals surface area contributed by atoms with Gasteiger partial charge in [-0.15, -0.1) is 10.2 Å². The van der Waals surface area contributed by atoms with Crippen molar-refractivity contribution in [3.05, 3.63) is 119 Å². The molecule has 6 aromatic rings. The van der Waals surface area contributed by atoms with E-state index in [1.54, 1.807) is 62.4 Å². The molecule has 2 aromatic heterocycles. The zero-order chi connectivity index (χ0) is 45.5. The van der Waals surface area contributed by atoms with Crippen LogP contribution in [0.15, 0.2) is 132 Å². The molecule has 0 amide bonds. The Kier molecular flexibility index (Phi) is 19.6. The van der Waals surface area contributed by atoms with Crippen molar-refractivity contribution < 1.29 is 49.5 Å². The fourth-order valence-corrected chi connectivity index (χ4v) is 7.29. The van der Waals surface area contributed by atoms with Gasteiger partial charge in [0.2, 0.25) is 0 Å². The number of nitrogens with one attached hydrogen (secondary N) is 1. The van der Waals surface area contributed by atoms with Crippen LogP contribution in [0.1, 0.15) is 50.9 Å². The Morgan fingerprint density at radius 1 is 0.635 bits per heavy atom. The maximum atomic E-state index is 12.5. The van der Waals surface area contributed by atoms with Gasteiger partial charge in [-0.1, -0.05) is 74.6 Å². The average Bonchev–Trinajstić information content (AvgIpc) is 3.73. The van der Waals surface area contributed by atoms with Gasteiger partial charge in [0, 0.05) is 5.88 Å². The van der Waals surface area contributed by atoms with E-state index in [1.165, 1.54) is 60.3 Å². The number of aromatic amines is 1. The van der Waals surface area contributed by atoms with E-state index < -0.39 is 42.6 Å². The topological polar surface area (TPSA) is 295 Å². The van der Waals surface area contributed by atoms with Crippen molar-refractivity contribution in [1.29, 1.82) is 0 Å². The monoisotopic (exact) mass is 937 g/mol. The summed E-state index contributed by atoms with van der Waals surface area (Å²) in [6, 6.07) is 25.0. The first-order valence-electron chi connectivity index (χ1n) is 19.6. The van der Waals surface area contributed by atoms with Crippen LogP contribution in [0.5, 0.6) is 17.4 Å². The van der Waals surface area contributed by atoms with Gasteiger partial charge in [-0.25, -0.2) is 26.2 Å². The predicted octanol–water partition coefficient (Wildman–Crippen LogP) is 5.76. The number of unbranched alkanes of at least 4 members (excludes halogenated alkanes) is 3. The van der Waals surface area contributed by atoms with E-state index >= 15 is 0 Å². The van der Waals surface area contributed by atoms with Gasteiger partial charge < -0.3 is 26.8 Å². The molecule has 0 saturated heterocycles. The molecule has 0 atom stereocenters. The molecule has 0 aliphatic carbocycles. The normalized spacial score (nSPS) is 11.5. The minimum absolute atomic E-state index is 0. The molecule has 4 aromatic carbocycles. The minimum Gasteiger partial charge on any atom is -0.871 e. The van der Waals surface area contributed by atoms with Crippen molar-refractivity contribution in [3.63, 3.8) is 0 Å². The zero-order valence-electron chi connectivity index (χ0n) is 35.2. The third-order valence-electron chi connectivity index (χ3n) is 9.06. The van der Waals surface area contributed by atoms with Crippen LogP contribution in [0, 0.1) is 13.8 Å². The van der Waals surface area contributed by atoms with Gasteiger partial charge in [-0.2, -0.15) is 15.3 Å². The van der Waals surface area contributed by atoms with Gasteiger partial charge >= 0.3 is 17.4 Å². The third-order valence-corrected chi connectivity index (χ3v) is 12.5. The van der Waals surface area contributed by atoms with Gasteiger partial charge in [0.05, 0.1) is 55.4 Å². The first-order valence-corrected chi connectivity index (χ1v) is 22.9. The second kappa shape index (κ2) is 24.0. The fraction of sp³-hybridized carbons (Fsp3) is 0.286. The largest absolute Gasteiger partial charge is 3.00 e. The van der Waals surface area contributed by atoms with Crippen LogP contribution in [-0.4, -0.2) is 61.0 Å². The number of hydrogen-bond acceptors (Lipinski definition) is 15. The molecule has 0 aliphatic rings. The predicted molar refractivity (Wildman–Crippen MR) is 231 cm³/mol. The maximum absolute atomic E-state index is 12.5. The van der Waals surface area contributed by atoms with Gasteiger partial charge in [-0.3, -0.25) is 9.89 Å². The number of nitrogens with two attached hydrogens (primary N) is 2. The second-order valence-corrected chi connectivity index (χ2v) is 18.1. The summed E-state index contributed by atoms with van der Waals surface area (Å²) in [7, 11) is -6.96. The Morgan fingerprint density at radius 2 is 1.08 bits per heavy atom. The van der Waals surface area contributed by atoms with Crippen LogP contribution < -0.4 is 32.3 Å². The molecule has 0 unspecified atom stereocenters. The summed E-state index contributed by atoms with van der Waals surface area (Å²) in [6.45, 7) is 7.93. The first-order chi connectivity index (χ1) is 29.6. The molecule has 21 heteroatoms. The van der Waals surface area contributed by atoms with E-state index in [9.17, 15) is 36.9 Å². The van der Waals surface area contributed by atoms with Crippen molar-refractivity contribution in [2.45, 2.75) is 63.2 Å². The molecule has 0 spiro atoms. The number of H-pyrrole nitrogens is 1. The molecule has 0 fully saturated rings. The number of benzene rings is 4. The van der Waals surface area contributed by atoms with E-state index in [1.807, 2.05) is 12.1 Å². The Hall–Kier alpha value is -5.95. The van der Waals surface area contributed by atoms with Crippen LogP contribution in [0.3, 0.4) is 0 Å². The number of aromatic nitrogens is 4. The van der Waals surface area contributed by atoms with E-state index in [2.05, 4.69) is 30.7 Å². The summed E-state index contributed by atoms with van der Waals surface area (Å²) in [5.41, 5.74) is 12.2. The molecule has 2 heterocycles. The van der Waals surface area contributed by atoms with E-state index in [4.69, 9.17) is 11.5 Å². The summed E-state index contributed by atoms with van der Waals surface area (Å²) in [5.74, 6) is -1.83. The number of nitrogens with zero attached hydrogens (tertiary/aromatic N) is 7. The summed E-state index contributed by atoms with van der Waals surface area (Å²) >= 11 is 0. The number of sulfone groups is 2. The van der Waals surface area contributed by atoms with E-state index in [0.717, 1.165) is 38.1 Å². The number of aryl methyl sites for hydroxylation is 2. The molecule has 1 radical (unpaired) electrons. The number of para-hydroxylation sites is 2. The van der Waals surface area contributed by atoms with E-state index in [-0.39, 0.29) is 61.4 Å². The average molecular weight is 938 g/mol. The third kappa shape index (κ3) is 13.8. The standard InChI is InChI=1S/2C18H18N4O4S.C6H16N2.Cr/c2*1-3-27(25,26)14-9-10-15(16(23)11-14)19-20-17-12(2)21-22(18(17)24)13-7-5-4-6-8-13;7-5-3-1-2-4-6-8;/h4-11,23-24H,3H2,1-2H3;4-11,21,23H,3H2,1-2H3;1-8H2;/q;;;+3/p-3. The Bertz CT molecular complexity index is 2750. The van der Waals surface area contributed by atoms with Crippen LogP contribution in [0.4, 0.5) is 22.7 Å². The molecule has 5 N–H and O–H groups in total. The maximum Gasteiger partial charge on any atom is 3.00 e. The first kappa shape index (κ1) is 51.4. The van der Waals surface area contributed by atoms with Crippen molar-refractivity contribution >= 4 is 42.4 Å². The van der Waals surface area contributed by atoms with Gasteiger partial charge in [0.1, 0.15) is 5.69 Å². The summed E-state index contributed by atoms with van der Waals surface area (Å²) in [5, 5.41) is 59.2. The second-order valence-electron chi connectivity index (χ2n) is 13.5. The van der Waals surface area contributed by atoms with Crippen LogP contribution in [-0.2, 0) is 37.0 Å². The smallest absolute Gasteiger partial charge is 0.871 e. The van der Waals surface area contributed by atoms with Crippen LogP contribution in [0.2, 0.25) is 0 Å². The molecule has 0 aliphatic heterocycles. The molecule has 0 saturated carbocycles. The van der Waals surface area contributed by atoms with Crippen molar-refractivity contribution in [2.75, 3.05) is 24.6 Å². The van der Waals surface area contributed by atoms with Crippen molar-refractivity contribution in [3.8, 4) is 28.8 Å². The molecular formula is C42H49CrN10O8S2. The quantitative estimate of drug-likeness (QED) is 0.0822. The SMILES string of the molecule is CCS(=O)(=O)c1ccc(N=Nc2c(C)[nH]n(-c3ccccc3)c2=O)c([O-])c1.CCS(=O)(=O)c1ccc(N=Nc2c(C)nn(-c3ccccc3)c2[O-])c([O-])c1.NCCCCCCN.[Cr+3]. The summed E-state index contributed by atoms with van der Waals surface area (Å²) in [6.07, 6.45) is 4.79. The van der Waals surface area contributed by atoms with E-state index in [0.29, 0.717) is 22.8 Å². The number of rotatable bonds is 15.